The number of carbonyl (C=O) groups is 1. The molecule has 0 bridgehead atoms. The summed E-state index contributed by atoms with van der Waals surface area (Å²) in [6.07, 6.45) is 0. The number of nitrogens with one attached hydrogen (secondary N) is 1. The molecule has 1 aromatic heterocycles. The molecule has 1 saturated heterocycles. The van der Waals surface area contributed by atoms with E-state index in [1.807, 2.05) is 6.92 Å². The van der Waals surface area contributed by atoms with Crippen LogP contribution in [0.5, 0.6) is 0 Å². The zero-order chi connectivity index (χ0) is 10.8. The molecule has 2 heterocycles. The number of ether oxygens (including phenoxy) is 1. The molecule has 1 amide bonds. The fourth-order valence-electron chi connectivity index (χ4n) is 1.33. The third kappa shape index (κ3) is 2.27. The number of thiazole rings is 1. The van der Waals surface area contributed by atoms with Gasteiger partial charge in [-0.2, -0.15) is 0 Å². The second-order valence-corrected chi connectivity index (χ2v) is 4.35. The van der Waals surface area contributed by atoms with Crippen LogP contribution in [0.2, 0.25) is 0 Å². The average molecular weight is 228 g/mol. The molecule has 1 aliphatic heterocycles. The van der Waals surface area contributed by atoms with E-state index in [0.717, 1.165) is 17.0 Å². The Balaban J connectivity index is 1.96. The second kappa shape index (κ2) is 4.16. The van der Waals surface area contributed by atoms with Crippen LogP contribution in [0.1, 0.15) is 5.69 Å². The van der Waals surface area contributed by atoms with Gasteiger partial charge in [-0.05, 0) is 6.92 Å². The summed E-state index contributed by atoms with van der Waals surface area (Å²) < 4.78 is 6.41. The number of amides is 1. The van der Waals surface area contributed by atoms with Crippen molar-refractivity contribution in [3.8, 4) is 0 Å². The largest absolute Gasteiger partial charge is 0.377 e. The molecule has 0 atom stereocenters. The first-order valence-corrected chi connectivity index (χ1v) is 5.57. The SMILES string of the molecule is Cc1csc(=O)n1CC(=O)NC1COC1. The summed E-state index contributed by atoms with van der Waals surface area (Å²) in [6.45, 7) is 3.06. The molecular formula is C9H12N2O3S. The maximum absolute atomic E-state index is 11.5. The molecule has 82 valence electrons. The third-order valence-corrected chi connectivity index (χ3v) is 3.16. The van der Waals surface area contributed by atoms with Gasteiger partial charge in [-0.1, -0.05) is 11.3 Å². The standard InChI is InChI=1S/C9H12N2O3S/c1-6-5-15-9(13)11(6)2-8(12)10-7-3-14-4-7/h5,7H,2-4H2,1H3,(H,10,12). The van der Waals surface area contributed by atoms with Crippen molar-refractivity contribution < 1.29 is 9.53 Å². The molecule has 2 rings (SSSR count). The van der Waals surface area contributed by atoms with Gasteiger partial charge in [0.2, 0.25) is 5.91 Å². The van der Waals surface area contributed by atoms with Crippen molar-refractivity contribution >= 4 is 17.2 Å². The number of hydrogen-bond acceptors (Lipinski definition) is 4. The summed E-state index contributed by atoms with van der Waals surface area (Å²) in [4.78, 5) is 22.7. The predicted octanol–water partition coefficient (Wildman–Crippen LogP) is -0.267. The van der Waals surface area contributed by atoms with Gasteiger partial charge >= 0.3 is 4.87 Å². The topological polar surface area (TPSA) is 60.3 Å². The molecule has 1 fully saturated rings. The normalized spacial score (nSPS) is 16.1. The van der Waals surface area contributed by atoms with Crippen LogP contribution in [0.25, 0.3) is 0 Å². The van der Waals surface area contributed by atoms with Gasteiger partial charge in [-0.15, -0.1) is 0 Å². The Labute approximate surface area is 90.7 Å². The van der Waals surface area contributed by atoms with Crippen molar-refractivity contribution in [2.24, 2.45) is 0 Å². The Morgan fingerprint density at radius 3 is 2.93 bits per heavy atom. The van der Waals surface area contributed by atoms with E-state index in [-0.39, 0.29) is 23.4 Å². The quantitative estimate of drug-likeness (QED) is 0.775. The molecule has 5 nitrogen and oxygen atoms in total. The van der Waals surface area contributed by atoms with E-state index in [1.165, 1.54) is 4.57 Å². The highest BCUT2D eigenvalue weighted by atomic mass is 32.1. The summed E-state index contributed by atoms with van der Waals surface area (Å²) >= 11 is 1.11. The highest BCUT2D eigenvalue weighted by Gasteiger charge is 2.20. The summed E-state index contributed by atoms with van der Waals surface area (Å²) in [5.74, 6) is -0.132. The molecular weight excluding hydrogens is 216 g/mol. The molecule has 0 saturated carbocycles. The van der Waals surface area contributed by atoms with Crippen LogP contribution >= 0.6 is 11.3 Å². The van der Waals surface area contributed by atoms with Crippen LogP contribution in [0.4, 0.5) is 0 Å². The first kappa shape index (κ1) is 10.4. The highest BCUT2D eigenvalue weighted by Crippen LogP contribution is 2.01. The summed E-state index contributed by atoms with van der Waals surface area (Å²) in [5.41, 5.74) is 0.824. The number of hydrogen-bond donors (Lipinski definition) is 1. The van der Waals surface area contributed by atoms with Crippen LogP contribution in [0.3, 0.4) is 0 Å². The smallest absolute Gasteiger partial charge is 0.307 e. The molecule has 1 aliphatic rings. The van der Waals surface area contributed by atoms with Gasteiger partial charge in [0.25, 0.3) is 0 Å². The maximum atomic E-state index is 11.5. The molecule has 0 radical (unpaired) electrons. The van der Waals surface area contributed by atoms with E-state index in [9.17, 15) is 9.59 Å². The summed E-state index contributed by atoms with van der Waals surface area (Å²) in [7, 11) is 0. The van der Waals surface area contributed by atoms with Crippen LogP contribution < -0.4 is 10.2 Å². The van der Waals surface area contributed by atoms with Gasteiger partial charge in [-0.3, -0.25) is 14.2 Å². The van der Waals surface area contributed by atoms with Crippen LogP contribution in [0.15, 0.2) is 10.2 Å². The zero-order valence-corrected chi connectivity index (χ0v) is 9.17. The molecule has 0 unspecified atom stereocenters. The number of rotatable bonds is 3. The van der Waals surface area contributed by atoms with Gasteiger partial charge < -0.3 is 10.1 Å². The van der Waals surface area contributed by atoms with Crippen molar-refractivity contribution in [1.29, 1.82) is 0 Å². The fraction of sp³-hybridized carbons (Fsp3) is 0.556. The highest BCUT2D eigenvalue weighted by molar-refractivity contribution is 7.07. The average Bonchev–Trinajstić information content (AvgIpc) is 2.43. The lowest BCUT2D eigenvalue weighted by Gasteiger charge is -2.26. The van der Waals surface area contributed by atoms with Crippen LogP contribution in [-0.2, 0) is 16.1 Å². The van der Waals surface area contributed by atoms with Crippen molar-refractivity contribution in [3.63, 3.8) is 0 Å². The third-order valence-electron chi connectivity index (χ3n) is 2.28. The number of aromatic nitrogens is 1. The minimum absolute atomic E-state index is 0.0903. The zero-order valence-electron chi connectivity index (χ0n) is 8.36. The van der Waals surface area contributed by atoms with Gasteiger partial charge in [0, 0.05) is 11.1 Å². The van der Waals surface area contributed by atoms with Gasteiger partial charge in [0.15, 0.2) is 0 Å². The Kier molecular flexibility index (Phi) is 2.88. The maximum Gasteiger partial charge on any atom is 0.307 e. The van der Waals surface area contributed by atoms with Gasteiger partial charge in [0.1, 0.15) is 6.54 Å². The van der Waals surface area contributed by atoms with E-state index >= 15 is 0 Å². The van der Waals surface area contributed by atoms with Gasteiger partial charge in [0.05, 0.1) is 19.3 Å². The van der Waals surface area contributed by atoms with E-state index in [2.05, 4.69) is 5.32 Å². The number of carbonyl (C=O) groups excluding carboxylic acids is 1. The van der Waals surface area contributed by atoms with Crippen molar-refractivity contribution in [2.75, 3.05) is 13.2 Å². The monoisotopic (exact) mass is 228 g/mol. The molecule has 0 spiro atoms. The summed E-state index contributed by atoms with van der Waals surface area (Å²) in [6, 6.07) is 0.118. The van der Waals surface area contributed by atoms with Crippen molar-refractivity contribution in [3.05, 3.63) is 20.7 Å². The molecule has 6 heteroatoms. The number of nitrogens with zero attached hydrogens (tertiary/aromatic N) is 1. The molecule has 15 heavy (non-hydrogen) atoms. The predicted molar refractivity (Wildman–Crippen MR) is 56.1 cm³/mol. The first-order valence-electron chi connectivity index (χ1n) is 4.69. The lowest BCUT2D eigenvalue weighted by molar-refractivity contribution is -0.125. The second-order valence-electron chi connectivity index (χ2n) is 3.53. The van der Waals surface area contributed by atoms with Crippen molar-refractivity contribution in [2.45, 2.75) is 19.5 Å². The van der Waals surface area contributed by atoms with Crippen molar-refractivity contribution in [1.82, 2.24) is 9.88 Å². The van der Waals surface area contributed by atoms with E-state index < -0.39 is 0 Å². The Morgan fingerprint density at radius 1 is 1.73 bits per heavy atom. The summed E-state index contributed by atoms with van der Waals surface area (Å²) in [5, 5.41) is 4.54. The van der Waals surface area contributed by atoms with E-state index in [1.54, 1.807) is 5.38 Å². The molecule has 0 aliphatic carbocycles. The fourth-order valence-corrected chi connectivity index (χ4v) is 2.07. The Morgan fingerprint density at radius 2 is 2.47 bits per heavy atom. The molecule has 0 aromatic carbocycles. The lowest BCUT2D eigenvalue weighted by Crippen LogP contribution is -2.49. The Hall–Kier alpha value is -1.14. The molecule has 1 N–H and O–H groups in total. The van der Waals surface area contributed by atoms with E-state index in [0.29, 0.717) is 13.2 Å². The minimum Gasteiger partial charge on any atom is -0.377 e. The Bertz CT molecular complexity index is 419. The van der Waals surface area contributed by atoms with E-state index in [4.69, 9.17) is 4.74 Å². The lowest BCUT2D eigenvalue weighted by atomic mass is 10.2. The van der Waals surface area contributed by atoms with Crippen LogP contribution in [-0.4, -0.2) is 29.7 Å². The number of aryl methyl sites for hydroxylation is 1. The molecule has 1 aromatic rings. The first-order chi connectivity index (χ1) is 7.16. The minimum atomic E-state index is -0.132. The van der Waals surface area contributed by atoms with Gasteiger partial charge in [-0.25, -0.2) is 0 Å². The van der Waals surface area contributed by atoms with Crippen LogP contribution in [0, 0.1) is 6.92 Å².